The minimum Gasteiger partial charge on any atom is -0.480 e. The molecule has 21 heavy (non-hydrogen) atoms. The Balaban J connectivity index is 2.02. The quantitative estimate of drug-likeness (QED) is 0.892. The fourth-order valence-electron chi connectivity index (χ4n) is 2.84. The summed E-state index contributed by atoms with van der Waals surface area (Å²) >= 11 is 0. The second-order valence-corrected chi connectivity index (χ2v) is 5.55. The molecule has 1 heterocycles. The van der Waals surface area contributed by atoms with E-state index in [2.05, 4.69) is 36.9 Å². The second-order valence-electron chi connectivity index (χ2n) is 5.55. The van der Waals surface area contributed by atoms with Crippen molar-refractivity contribution in [3.8, 4) is 0 Å². The number of methoxy groups -OCH3 is 1. The normalized spacial score (nSPS) is 17.8. The fourth-order valence-corrected chi connectivity index (χ4v) is 2.84. The number of ether oxygens (including phenoxy) is 1. The number of carbonyl (C=O) groups is 1. The zero-order chi connectivity index (χ0) is 15.4. The van der Waals surface area contributed by atoms with Crippen molar-refractivity contribution in [2.24, 2.45) is 0 Å². The molecule has 2 rings (SSSR count). The number of carboxylic acid groups (broad SMARTS) is 1. The number of nitrogens with zero attached hydrogens (tertiary/aromatic N) is 2. The Bertz CT molecular complexity index is 496. The minimum absolute atomic E-state index is 0.235. The van der Waals surface area contributed by atoms with E-state index in [0.29, 0.717) is 0 Å². The number of rotatable bonds is 5. The Labute approximate surface area is 126 Å². The zero-order valence-corrected chi connectivity index (χ0v) is 13.0. The van der Waals surface area contributed by atoms with Crippen LogP contribution in [0.2, 0.25) is 0 Å². The molecule has 5 heteroatoms. The predicted molar refractivity (Wildman–Crippen MR) is 83.0 cm³/mol. The third-order valence-electron chi connectivity index (χ3n) is 4.28. The number of anilines is 1. The molecule has 0 aromatic heterocycles. The van der Waals surface area contributed by atoms with Gasteiger partial charge in [0.2, 0.25) is 0 Å². The first kappa shape index (κ1) is 15.8. The number of hydrogen-bond acceptors (Lipinski definition) is 4. The van der Waals surface area contributed by atoms with Crippen LogP contribution in [0.15, 0.2) is 18.2 Å². The van der Waals surface area contributed by atoms with Crippen LogP contribution in [0.5, 0.6) is 0 Å². The van der Waals surface area contributed by atoms with Gasteiger partial charge in [0.15, 0.2) is 0 Å². The van der Waals surface area contributed by atoms with Gasteiger partial charge in [-0.3, -0.25) is 9.69 Å². The number of piperazine rings is 1. The van der Waals surface area contributed by atoms with E-state index >= 15 is 0 Å². The molecule has 0 spiro atoms. The van der Waals surface area contributed by atoms with Gasteiger partial charge < -0.3 is 14.7 Å². The lowest BCUT2D eigenvalue weighted by Crippen LogP contribution is -2.54. The van der Waals surface area contributed by atoms with Crippen LogP contribution in [0, 0.1) is 13.8 Å². The van der Waals surface area contributed by atoms with Gasteiger partial charge in [0.05, 0.1) is 6.61 Å². The van der Waals surface area contributed by atoms with Gasteiger partial charge in [-0.25, -0.2) is 0 Å². The summed E-state index contributed by atoms with van der Waals surface area (Å²) in [4.78, 5) is 15.6. The van der Waals surface area contributed by atoms with Gasteiger partial charge in [-0.1, -0.05) is 12.1 Å². The highest BCUT2D eigenvalue weighted by Gasteiger charge is 2.29. The average molecular weight is 292 g/mol. The highest BCUT2D eigenvalue weighted by molar-refractivity contribution is 5.73. The van der Waals surface area contributed by atoms with Crippen LogP contribution in [0.25, 0.3) is 0 Å². The van der Waals surface area contributed by atoms with E-state index in [0.717, 1.165) is 26.2 Å². The molecule has 1 unspecified atom stereocenters. The van der Waals surface area contributed by atoms with Crippen molar-refractivity contribution in [2.45, 2.75) is 19.9 Å². The van der Waals surface area contributed by atoms with E-state index in [-0.39, 0.29) is 6.61 Å². The van der Waals surface area contributed by atoms with E-state index in [1.807, 2.05) is 4.90 Å². The molecule has 0 aliphatic carbocycles. The first-order chi connectivity index (χ1) is 10.0. The van der Waals surface area contributed by atoms with Gasteiger partial charge >= 0.3 is 5.97 Å². The molecular weight excluding hydrogens is 268 g/mol. The average Bonchev–Trinajstić information content (AvgIpc) is 2.48. The third-order valence-corrected chi connectivity index (χ3v) is 4.28. The summed E-state index contributed by atoms with van der Waals surface area (Å²) in [5.74, 6) is -0.808. The summed E-state index contributed by atoms with van der Waals surface area (Å²) in [5, 5.41) is 9.28. The molecule has 1 fully saturated rings. The van der Waals surface area contributed by atoms with Crippen molar-refractivity contribution < 1.29 is 14.6 Å². The molecule has 1 aromatic carbocycles. The number of benzene rings is 1. The van der Waals surface area contributed by atoms with Crippen molar-refractivity contribution >= 4 is 11.7 Å². The van der Waals surface area contributed by atoms with E-state index in [9.17, 15) is 9.90 Å². The van der Waals surface area contributed by atoms with Crippen molar-refractivity contribution in [1.29, 1.82) is 0 Å². The maximum absolute atomic E-state index is 11.3. The van der Waals surface area contributed by atoms with E-state index < -0.39 is 12.0 Å². The van der Waals surface area contributed by atoms with Crippen molar-refractivity contribution in [3.63, 3.8) is 0 Å². The molecular formula is C16H24N2O3. The number of carboxylic acids is 1. The third kappa shape index (κ3) is 3.54. The SMILES string of the molecule is COCC(C(=O)O)N1CCN(c2cccc(C)c2C)CC1. The Hall–Kier alpha value is -1.59. The molecule has 1 aliphatic heterocycles. The Kier molecular flexibility index (Phi) is 5.20. The number of aliphatic carboxylic acids is 1. The van der Waals surface area contributed by atoms with Gasteiger partial charge in [0.1, 0.15) is 6.04 Å². The van der Waals surface area contributed by atoms with Crippen LogP contribution < -0.4 is 4.90 Å². The molecule has 0 saturated carbocycles. The topological polar surface area (TPSA) is 53.0 Å². The number of aryl methyl sites for hydroxylation is 1. The van der Waals surface area contributed by atoms with Crippen LogP contribution in [0.4, 0.5) is 5.69 Å². The predicted octanol–water partition coefficient (Wildman–Crippen LogP) is 1.53. The maximum atomic E-state index is 11.3. The lowest BCUT2D eigenvalue weighted by atomic mass is 10.1. The molecule has 116 valence electrons. The molecule has 0 radical (unpaired) electrons. The van der Waals surface area contributed by atoms with Crippen LogP contribution in [0.3, 0.4) is 0 Å². The van der Waals surface area contributed by atoms with Gasteiger partial charge in [0, 0.05) is 39.0 Å². The Morgan fingerprint density at radius 2 is 1.95 bits per heavy atom. The molecule has 1 aromatic rings. The Morgan fingerprint density at radius 1 is 1.29 bits per heavy atom. The van der Waals surface area contributed by atoms with Gasteiger partial charge in [-0.15, -0.1) is 0 Å². The Morgan fingerprint density at radius 3 is 2.52 bits per heavy atom. The molecule has 1 N–H and O–H groups in total. The fraction of sp³-hybridized carbons (Fsp3) is 0.562. The minimum atomic E-state index is -0.808. The summed E-state index contributed by atoms with van der Waals surface area (Å²) in [7, 11) is 1.54. The molecule has 1 saturated heterocycles. The summed E-state index contributed by atoms with van der Waals surface area (Å²) in [6.45, 7) is 7.67. The van der Waals surface area contributed by atoms with Crippen molar-refractivity contribution in [2.75, 3.05) is 44.8 Å². The standard InChI is InChI=1S/C16H24N2O3/c1-12-5-4-6-14(13(12)2)17-7-9-18(10-8-17)15(11-21-3)16(19)20/h4-6,15H,7-11H2,1-3H3,(H,19,20). The highest BCUT2D eigenvalue weighted by Crippen LogP contribution is 2.24. The van der Waals surface area contributed by atoms with Crippen LogP contribution in [-0.4, -0.2) is 61.9 Å². The van der Waals surface area contributed by atoms with Crippen molar-refractivity contribution in [3.05, 3.63) is 29.3 Å². The molecule has 1 aliphatic rings. The largest absolute Gasteiger partial charge is 0.480 e. The van der Waals surface area contributed by atoms with E-state index in [4.69, 9.17) is 4.74 Å². The zero-order valence-electron chi connectivity index (χ0n) is 13.0. The van der Waals surface area contributed by atoms with Crippen LogP contribution in [0.1, 0.15) is 11.1 Å². The van der Waals surface area contributed by atoms with E-state index in [1.54, 1.807) is 7.11 Å². The number of hydrogen-bond donors (Lipinski definition) is 1. The van der Waals surface area contributed by atoms with Crippen LogP contribution >= 0.6 is 0 Å². The monoisotopic (exact) mass is 292 g/mol. The van der Waals surface area contributed by atoms with Gasteiger partial charge in [-0.2, -0.15) is 0 Å². The van der Waals surface area contributed by atoms with Gasteiger partial charge in [0.25, 0.3) is 0 Å². The summed E-state index contributed by atoms with van der Waals surface area (Å²) in [6.07, 6.45) is 0. The second kappa shape index (κ2) is 6.91. The lowest BCUT2D eigenvalue weighted by molar-refractivity contribution is -0.145. The lowest BCUT2D eigenvalue weighted by Gasteiger charge is -2.39. The smallest absolute Gasteiger partial charge is 0.323 e. The molecule has 1 atom stereocenters. The first-order valence-corrected chi connectivity index (χ1v) is 7.31. The van der Waals surface area contributed by atoms with Crippen LogP contribution in [-0.2, 0) is 9.53 Å². The maximum Gasteiger partial charge on any atom is 0.323 e. The van der Waals surface area contributed by atoms with Crippen molar-refractivity contribution in [1.82, 2.24) is 4.90 Å². The molecule has 0 bridgehead atoms. The molecule has 5 nitrogen and oxygen atoms in total. The van der Waals surface area contributed by atoms with Gasteiger partial charge in [-0.05, 0) is 31.0 Å². The summed E-state index contributed by atoms with van der Waals surface area (Å²) in [6, 6.07) is 5.79. The highest BCUT2D eigenvalue weighted by atomic mass is 16.5. The summed E-state index contributed by atoms with van der Waals surface area (Å²) < 4.78 is 5.03. The van der Waals surface area contributed by atoms with E-state index in [1.165, 1.54) is 16.8 Å². The summed E-state index contributed by atoms with van der Waals surface area (Å²) in [5.41, 5.74) is 3.85. The first-order valence-electron chi connectivity index (χ1n) is 7.31. The molecule has 0 amide bonds.